The van der Waals surface area contributed by atoms with Gasteiger partial charge in [-0.25, -0.2) is 23.0 Å². The molecule has 5 N–H and O–H groups in total. The molecular formula is C29H27N5O5S. The van der Waals surface area contributed by atoms with E-state index in [1.165, 1.54) is 5.01 Å². The van der Waals surface area contributed by atoms with E-state index in [-0.39, 0.29) is 17.3 Å². The van der Waals surface area contributed by atoms with E-state index in [0.29, 0.717) is 28.1 Å². The lowest BCUT2D eigenvalue weighted by Gasteiger charge is -2.25. The summed E-state index contributed by atoms with van der Waals surface area (Å²) in [6, 6.07) is 28.9. The van der Waals surface area contributed by atoms with Crippen LogP contribution >= 0.6 is 0 Å². The summed E-state index contributed by atoms with van der Waals surface area (Å²) >= 11 is 0. The summed E-state index contributed by atoms with van der Waals surface area (Å²) < 4.78 is 24.4. The first-order valence-corrected chi connectivity index (χ1v) is 14.0. The van der Waals surface area contributed by atoms with Crippen molar-refractivity contribution in [2.24, 2.45) is 0 Å². The van der Waals surface area contributed by atoms with Gasteiger partial charge in [0.1, 0.15) is 5.84 Å². The number of anilines is 2. The quantitative estimate of drug-likeness (QED) is 0.111. The third kappa shape index (κ3) is 7.23. The first-order valence-electron chi connectivity index (χ1n) is 12.1. The second-order valence-corrected chi connectivity index (χ2v) is 10.8. The van der Waals surface area contributed by atoms with E-state index in [4.69, 9.17) is 10.5 Å². The van der Waals surface area contributed by atoms with Crippen LogP contribution in [0.15, 0.2) is 108 Å². The zero-order chi connectivity index (χ0) is 28.7. The van der Waals surface area contributed by atoms with Gasteiger partial charge in [-0.15, -0.1) is 0 Å². The van der Waals surface area contributed by atoms with E-state index >= 15 is 0 Å². The minimum absolute atomic E-state index is 0.196. The monoisotopic (exact) mass is 557 g/mol. The summed E-state index contributed by atoms with van der Waals surface area (Å²) in [6.45, 7) is 0.196. The number of nitrogens with one attached hydrogen (secondary N) is 4. The average Bonchev–Trinajstić information content (AvgIpc) is 2.93. The highest BCUT2D eigenvalue weighted by atomic mass is 32.2. The van der Waals surface area contributed by atoms with Crippen LogP contribution in [0, 0.1) is 5.41 Å². The van der Waals surface area contributed by atoms with Gasteiger partial charge in [-0.1, -0.05) is 72.8 Å². The number of sulfone groups is 1. The van der Waals surface area contributed by atoms with Crippen molar-refractivity contribution in [3.05, 3.63) is 114 Å². The number of carbonyl (C=O) groups is 2. The molecule has 11 heteroatoms. The normalized spacial score (nSPS) is 10.8. The van der Waals surface area contributed by atoms with Gasteiger partial charge in [0.2, 0.25) is 0 Å². The van der Waals surface area contributed by atoms with Gasteiger partial charge in [0.15, 0.2) is 9.84 Å². The summed E-state index contributed by atoms with van der Waals surface area (Å²) in [5, 5.41) is 23.1. The van der Waals surface area contributed by atoms with Crippen LogP contribution in [-0.2, 0) is 16.4 Å². The maximum Gasteiger partial charge on any atom is 0.410 e. The number of carbonyl (C=O) groups excluding carboxylic acids is 1. The Morgan fingerprint density at radius 3 is 2.20 bits per heavy atom. The van der Waals surface area contributed by atoms with Gasteiger partial charge in [0.25, 0.3) is 0 Å². The molecule has 10 nitrogen and oxygen atoms in total. The summed E-state index contributed by atoms with van der Waals surface area (Å²) in [6.07, 6.45) is -0.185. The van der Waals surface area contributed by atoms with Crippen molar-refractivity contribution in [1.29, 1.82) is 5.41 Å². The number of rotatable bonds is 8. The maximum absolute atomic E-state index is 13.4. The molecule has 4 aromatic rings. The Hall–Kier alpha value is -5.16. The lowest BCUT2D eigenvalue weighted by Crippen LogP contribution is -2.39. The molecule has 40 heavy (non-hydrogen) atoms. The molecule has 0 aromatic heterocycles. The van der Waals surface area contributed by atoms with Gasteiger partial charge in [-0.3, -0.25) is 16.2 Å². The van der Waals surface area contributed by atoms with E-state index in [9.17, 15) is 18.0 Å². The van der Waals surface area contributed by atoms with Gasteiger partial charge < -0.3 is 10.4 Å². The Morgan fingerprint density at radius 1 is 0.850 bits per heavy atom. The predicted octanol–water partition coefficient (Wildman–Crippen LogP) is 5.41. The molecule has 0 saturated heterocycles. The Kier molecular flexibility index (Phi) is 8.45. The molecule has 0 fully saturated rings. The number of amides is 3. The summed E-state index contributed by atoms with van der Waals surface area (Å²) in [5.74, 6) is -0.298. The molecule has 0 bridgehead atoms. The van der Waals surface area contributed by atoms with Crippen LogP contribution in [0.2, 0.25) is 0 Å². The maximum atomic E-state index is 13.4. The number of benzene rings is 4. The highest BCUT2D eigenvalue weighted by molar-refractivity contribution is 7.90. The number of urea groups is 1. The van der Waals surface area contributed by atoms with Crippen LogP contribution in [0.4, 0.5) is 21.0 Å². The molecular weight excluding hydrogens is 530 g/mol. The van der Waals surface area contributed by atoms with Crippen molar-refractivity contribution in [2.75, 3.05) is 17.0 Å². The number of hydrogen-bond acceptors (Lipinski definition) is 6. The minimum Gasteiger partial charge on any atom is -0.465 e. The predicted molar refractivity (Wildman–Crippen MR) is 154 cm³/mol. The average molecular weight is 558 g/mol. The zero-order valence-electron chi connectivity index (χ0n) is 21.5. The van der Waals surface area contributed by atoms with Gasteiger partial charge in [-0.05, 0) is 41.5 Å². The Bertz CT molecular complexity index is 1640. The fourth-order valence-electron chi connectivity index (χ4n) is 3.96. The minimum atomic E-state index is -3.43. The fourth-order valence-corrected chi connectivity index (χ4v) is 4.87. The van der Waals surface area contributed by atoms with Crippen molar-refractivity contribution >= 4 is 39.2 Å². The molecule has 4 aromatic carbocycles. The van der Waals surface area contributed by atoms with E-state index < -0.39 is 22.0 Å². The fraction of sp³-hybridized carbons (Fsp3) is 0.0690. The second-order valence-electron chi connectivity index (χ2n) is 8.85. The molecule has 0 spiro atoms. The highest BCUT2D eigenvalue weighted by Gasteiger charge is 2.17. The van der Waals surface area contributed by atoms with Crippen molar-refractivity contribution < 1.29 is 23.1 Å². The van der Waals surface area contributed by atoms with Crippen molar-refractivity contribution in [2.45, 2.75) is 11.4 Å². The molecule has 0 aliphatic heterocycles. The number of hydrazine groups is 1. The molecule has 0 unspecified atom stereocenters. The largest absolute Gasteiger partial charge is 0.465 e. The van der Waals surface area contributed by atoms with Gasteiger partial charge in [0.05, 0.1) is 17.1 Å². The third-order valence-electron chi connectivity index (χ3n) is 5.81. The molecule has 4 rings (SSSR count). The molecule has 204 valence electrons. The van der Waals surface area contributed by atoms with Crippen LogP contribution in [0.1, 0.15) is 11.1 Å². The lowest BCUT2D eigenvalue weighted by atomic mass is 10.1. The smallest absolute Gasteiger partial charge is 0.410 e. The third-order valence-corrected chi connectivity index (χ3v) is 6.96. The highest BCUT2D eigenvalue weighted by Crippen LogP contribution is 2.28. The number of nitrogens with zero attached hydrogens (tertiary/aromatic N) is 1. The molecule has 0 radical (unpaired) electrons. The van der Waals surface area contributed by atoms with E-state index in [2.05, 4.69) is 10.7 Å². The molecule has 0 saturated carbocycles. The standard InChI is InChI=1S/C29H27N5O5S/c1-40(38,39)26-13-6-5-12-25(26)21-14-16-23(17-15-21)31-28(35)34(19-20-8-3-2-4-9-20)33-24-11-7-10-22(18-24)27(30)32-29(36)37/h2-18,33H,19H2,1H3,(H2,30,32)(H,31,35)(H,36,37). The topological polar surface area (TPSA) is 152 Å². The van der Waals surface area contributed by atoms with Crippen LogP contribution in [0.25, 0.3) is 11.1 Å². The molecule has 0 aliphatic rings. The number of carboxylic acid groups (broad SMARTS) is 1. The Labute approximate surface area is 231 Å². The van der Waals surface area contributed by atoms with Crippen molar-refractivity contribution in [3.8, 4) is 11.1 Å². The van der Waals surface area contributed by atoms with Crippen LogP contribution in [-0.4, -0.2) is 42.7 Å². The zero-order valence-corrected chi connectivity index (χ0v) is 22.3. The first-order chi connectivity index (χ1) is 19.1. The number of hydrogen-bond donors (Lipinski definition) is 5. The second kappa shape index (κ2) is 12.1. The Morgan fingerprint density at radius 2 is 1.52 bits per heavy atom. The Balaban J connectivity index is 1.55. The van der Waals surface area contributed by atoms with Crippen LogP contribution in [0.5, 0.6) is 0 Å². The SMILES string of the molecule is CS(=O)(=O)c1ccccc1-c1ccc(NC(=O)N(Cc2ccccc2)Nc2cccc(C(=N)NC(=O)O)c2)cc1. The summed E-state index contributed by atoms with van der Waals surface area (Å²) in [4.78, 5) is 24.5. The van der Waals surface area contributed by atoms with E-state index in [1.807, 2.05) is 35.6 Å². The van der Waals surface area contributed by atoms with Gasteiger partial charge in [-0.2, -0.15) is 0 Å². The lowest BCUT2D eigenvalue weighted by molar-refractivity contribution is 0.200. The van der Waals surface area contributed by atoms with Gasteiger partial charge in [0, 0.05) is 23.1 Å². The summed E-state index contributed by atoms with van der Waals surface area (Å²) in [7, 11) is -3.43. The molecule has 0 aliphatic carbocycles. The van der Waals surface area contributed by atoms with Crippen LogP contribution < -0.4 is 16.1 Å². The molecule has 3 amide bonds. The summed E-state index contributed by atoms with van der Waals surface area (Å²) in [5.41, 5.74) is 6.43. The van der Waals surface area contributed by atoms with Crippen molar-refractivity contribution in [1.82, 2.24) is 10.3 Å². The van der Waals surface area contributed by atoms with Crippen molar-refractivity contribution in [3.63, 3.8) is 0 Å². The molecule has 0 atom stereocenters. The number of amidine groups is 1. The first kappa shape index (κ1) is 27.9. The van der Waals surface area contributed by atoms with E-state index in [0.717, 1.165) is 11.8 Å². The van der Waals surface area contributed by atoms with Gasteiger partial charge >= 0.3 is 12.1 Å². The van der Waals surface area contributed by atoms with E-state index in [1.54, 1.807) is 72.8 Å². The molecule has 0 heterocycles. The van der Waals surface area contributed by atoms with Crippen LogP contribution in [0.3, 0.4) is 0 Å².